The van der Waals surface area contributed by atoms with Crippen LogP contribution in [0.1, 0.15) is 48.2 Å². The van der Waals surface area contributed by atoms with Crippen LogP contribution in [-0.2, 0) is 13.0 Å². The van der Waals surface area contributed by atoms with Crippen molar-refractivity contribution in [2.75, 3.05) is 0 Å². The average Bonchev–Trinajstić information content (AvgIpc) is 2.65. The van der Waals surface area contributed by atoms with Gasteiger partial charge in [-0.2, -0.15) is 0 Å². The molecule has 2 N–H and O–H groups in total. The normalized spacial score (nSPS) is 17.6. The Hall–Kier alpha value is -2.24. The number of Topliss-reactive ketones (excluding diaryl/α,β-unsaturated/α-hetero) is 1. The molecule has 1 aromatic carbocycles. The summed E-state index contributed by atoms with van der Waals surface area (Å²) in [5.74, 6) is 0.505. The van der Waals surface area contributed by atoms with Gasteiger partial charge in [0.05, 0.1) is 12.2 Å². The lowest BCUT2D eigenvalue weighted by Gasteiger charge is -2.29. The molecule has 0 saturated heterocycles. The molecule has 0 unspecified atom stereocenters. The van der Waals surface area contributed by atoms with Crippen LogP contribution in [0.25, 0.3) is 0 Å². The van der Waals surface area contributed by atoms with Crippen molar-refractivity contribution >= 4 is 5.78 Å². The largest absolute Gasteiger partial charge is 0.475 e. The molecular formula is C21H26N2O3. The number of hydrogen-bond acceptors (Lipinski definition) is 5. The van der Waals surface area contributed by atoms with E-state index in [1.165, 1.54) is 11.1 Å². The van der Waals surface area contributed by atoms with Crippen molar-refractivity contribution in [2.45, 2.75) is 57.9 Å². The number of nitrogens with zero attached hydrogens (tertiary/aromatic N) is 1. The van der Waals surface area contributed by atoms with Gasteiger partial charge < -0.3 is 15.2 Å². The Bertz CT molecular complexity index is 743. The second-order valence-electron chi connectivity index (χ2n) is 7.04. The number of aromatic nitrogens is 1. The first-order chi connectivity index (χ1) is 12.5. The zero-order valence-electron chi connectivity index (χ0n) is 15.3. The third-order valence-corrected chi connectivity index (χ3v) is 4.66. The molecule has 26 heavy (non-hydrogen) atoms. The molecule has 0 amide bonds. The summed E-state index contributed by atoms with van der Waals surface area (Å²) in [6.07, 6.45) is 2.56. The van der Waals surface area contributed by atoms with E-state index in [1.807, 2.05) is 26.0 Å². The van der Waals surface area contributed by atoms with E-state index in [0.717, 1.165) is 13.0 Å². The molecule has 0 fully saturated rings. The number of ether oxygens (including phenoxy) is 1. The highest BCUT2D eigenvalue weighted by atomic mass is 16.5. The highest BCUT2D eigenvalue weighted by molar-refractivity contribution is 5.95. The SMILES string of the molecule is CC(C)Oc1ccc(C(=O)CC[C@@H](O)[C@@H]2Cc3ccccc3CN2)cn1. The fraction of sp³-hybridized carbons (Fsp3) is 0.429. The molecule has 2 aromatic rings. The summed E-state index contributed by atoms with van der Waals surface area (Å²) in [7, 11) is 0. The molecule has 1 aromatic heterocycles. The quantitative estimate of drug-likeness (QED) is 0.748. The van der Waals surface area contributed by atoms with Crippen LogP contribution >= 0.6 is 0 Å². The second kappa shape index (κ2) is 8.43. The predicted molar refractivity (Wildman–Crippen MR) is 100 cm³/mol. The minimum atomic E-state index is -0.552. The molecule has 5 heteroatoms. The molecule has 0 saturated carbocycles. The molecule has 0 radical (unpaired) electrons. The summed E-state index contributed by atoms with van der Waals surface area (Å²) in [4.78, 5) is 16.5. The minimum Gasteiger partial charge on any atom is -0.475 e. The van der Waals surface area contributed by atoms with E-state index in [0.29, 0.717) is 24.3 Å². The lowest BCUT2D eigenvalue weighted by molar-refractivity contribution is 0.0877. The average molecular weight is 354 g/mol. The first-order valence-electron chi connectivity index (χ1n) is 9.17. The number of hydrogen-bond donors (Lipinski definition) is 2. The van der Waals surface area contributed by atoms with Gasteiger partial charge in [0.2, 0.25) is 5.88 Å². The Morgan fingerprint density at radius 3 is 2.73 bits per heavy atom. The smallest absolute Gasteiger partial charge is 0.213 e. The fourth-order valence-electron chi connectivity index (χ4n) is 3.23. The van der Waals surface area contributed by atoms with Gasteiger partial charge in [-0.05, 0) is 43.9 Å². The van der Waals surface area contributed by atoms with Gasteiger partial charge >= 0.3 is 0 Å². The number of rotatable bonds is 7. The van der Waals surface area contributed by atoms with Crippen molar-refractivity contribution in [1.29, 1.82) is 0 Å². The van der Waals surface area contributed by atoms with Gasteiger partial charge in [-0.1, -0.05) is 24.3 Å². The van der Waals surface area contributed by atoms with Crippen molar-refractivity contribution in [1.82, 2.24) is 10.3 Å². The molecule has 2 heterocycles. The number of pyridine rings is 1. The summed E-state index contributed by atoms with van der Waals surface area (Å²) in [5.41, 5.74) is 3.10. The summed E-state index contributed by atoms with van der Waals surface area (Å²) >= 11 is 0. The molecule has 0 bridgehead atoms. The van der Waals surface area contributed by atoms with Gasteiger partial charge in [-0.25, -0.2) is 4.98 Å². The van der Waals surface area contributed by atoms with Crippen LogP contribution in [-0.4, -0.2) is 34.1 Å². The third-order valence-electron chi connectivity index (χ3n) is 4.66. The Labute approximate surface area is 154 Å². The van der Waals surface area contributed by atoms with E-state index in [4.69, 9.17) is 4.74 Å². The maximum absolute atomic E-state index is 12.4. The summed E-state index contributed by atoms with van der Waals surface area (Å²) in [6, 6.07) is 11.7. The van der Waals surface area contributed by atoms with Gasteiger partial charge in [-0.3, -0.25) is 4.79 Å². The Balaban J connectivity index is 1.51. The zero-order valence-corrected chi connectivity index (χ0v) is 15.3. The number of benzene rings is 1. The minimum absolute atomic E-state index is 0.0103. The summed E-state index contributed by atoms with van der Waals surface area (Å²) < 4.78 is 5.48. The number of fused-ring (bicyclic) bond motifs is 1. The fourth-order valence-corrected chi connectivity index (χ4v) is 3.23. The first kappa shape index (κ1) is 18.5. The van der Waals surface area contributed by atoms with Gasteiger partial charge in [0.25, 0.3) is 0 Å². The van der Waals surface area contributed by atoms with Crippen LogP contribution in [0.15, 0.2) is 42.6 Å². The van der Waals surface area contributed by atoms with Crippen molar-refractivity contribution in [3.63, 3.8) is 0 Å². The predicted octanol–water partition coefficient (Wildman–Crippen LogP) is 2.91. The second-order valence-corrected chi connectivity index (χ2v) is 7.04. The number of carbonyl (C=O) groups excluding carboxylic acids is 1. The molecule has 3 rings (SSSR count). The van der Waals surface area contributed by atoms with E-state index in [9.17, 15) is 9.90 Å². The lowest BCUT2D eigenvalue weighted by Crippen LogP contribution is -2.44. The maximum Gasteiger partial charge on any atom is 0.213 e. The van der Waals surface area contributed by atoms with E-state index in [1.54, 1.807) is 18.3 Å². The van der Waals surface area contributed by atoms with Crippen LogP contribution in [0.4, 0.5) is 0 Å². The van der Waals surface area contributed by atoms with Crippen LogP contribution in [0, 0.1) is 0 Å². The van der Waals surface area contributed by atoms with Crippen molar-refractivity contribution < 1.29 is 14.6 Å². The monoisotopic (exact) mass is 354 g/mol. The van der Waals surface area contributed by atoms with E-state index >= 15 is 0 Å². The molecule has 2 atom stereocenters. The summed E-state index contributed by atoms with van der Waals surface area (Å²) in [5, 5.41) is 13.9. The topological polar surface area (TPSA) is 71.5 Å². The lowest BCUT2D eigenvalue weighted by atomic mass is 9.91. The Morgan fingerprint density at radius 2 is 2.04 bits per heavy atom. The molecule has 0 spiro atoms. The van der Waals surface area contributed by atoms with E-state index in [2.05, 4.69) is 22.4 Å². The Morgan fingerprint density at radius 1 is 1.27 bits per heavy atom. The van der Waals surface area contributed by atoms with Crippen molar-refractivity contribution in [3.05, 3.63) is 59.3 Å². The maximum atomic E-state index is 12.4. The number of carbonyl (C=O) groups is 1. The molecular weight excluding hydrogens is 328 g/mol. The highest BCUT2D eigenvalue weighted by Gasteiger charge is 2.24. The molecule has 138 valence electrons. The van der Waals surface area contributed by atoms with Crippen LogP contribution < -0.4 is 10.1 Å². The van der Waals surface area contributed by atoms with Crippen LogP contribution in [0.5, 0.6) is 5.88 Å². The molecule has 1 aliphatic rings. The summed E-state index contributed by atoms with van der Waals surface area (Å²) in [6.45, 7) is 4.62. The number of aliphatic hydroxyl groups is 1. The number of nitrogens with one attached hydrogen (secondary N) is 1. The Kier molecular flexibility index (Phi) is 6.01. The van der Waals surface area contributed by atoms with Gasteiger partial charge in [-0.15, -0.1) is 0 Å². The number of aliphatic hydroxyl groups excluding tert-OH is 1. The molecule has 5 nitrogen and oxygen atoms in total. The van der Waals surface area contributed by atoms with Crippen molar-refractivity contribution in [3.8, 4) is 5.88 Å². The van der Waals surface area contributed by atoms with Gasteiger partial charge in [0.15, 0.2) is 5.78 Å². The third kappa shape index (κ3) is 4.68. The van der Waals surface area contributed by atoms with Gasteiger partial charge in [0.1, 0.15) is 0 Å². The van der Waals surface area contributed by atoms with E-state index < -0.39 is 6.10 Å². The highest BCUT2D eigenvalue weighted by Crippen LogP contribution is 2.20. The van der Waals surface area contributed by atoms with Crippen LogP contribution in [0.3, 0.4) is 0 Å². The molecule has 0 aliphatic carbocycles. The zero-order chi connectivity index (χ0) is 18.5. The van der Waals surface area contributed by atoms with Gasteiger partial charge in [0, 0.05) is 36.8 Å². The first-order valence-corrected chi connectivity index (χ1v) is 9.17. The van der Waals surface area contributed by atoms with Crippen molar-refractivity contribution in [2.24, 2.45) is 0 Å². The number of ketones is 1. The molecule has 1 aliphatic heterocycles. The van der Waals surface area contributed by atoms with E-state index in [-0.39, 0.29) is 17.9 Å². The van der Waals surface area contributed by atoms with Crippen LogP contribution in [0.2, 0.25) is 0 Å². The standard InChI is InChI=1S/C21H26N2O3/c1-14(2)26-21-10-7-17(13-23-21)19(24)8-9-20(25)18-11-15-5-3-4-6-16(15)12-22-18/h3-7,10,13-14,18,20,22,25H,8-9,11-12H2,1-2H3/t18-,20+/m0/s1.